The van der Waals surface area contributed by atoms with Crippen LogP contribution in [0.15, 0.2) is 60.9 Å². The molecule has 0 aliphatic carbocycles. The van der Waals surface area contributed by atoms with E-state index in [0.29, 0.717) is 23.7 Å². The Morgan fingerprint density at radius 3 is 2.72 bits per heavy atom. The molecule has 0 unspecified atom stereocenters. The zero-order valence-electron chi connectivity index (χ0n) is 15.9. The molecule has 2 atom stereocenters. The van der Waals surface area contributed by atoms with E-state index in [2.05, 4.69) is 9.97 Å². The number of nitrogens with one attached hydrogen (secondary N) is 1. The lowest BCUT2D eigenvalue weighted by Crippen LogP contribution is -2.29. The second-order valence-electron chi connectivity index (χ2n) is 7.02. The molecule has 2 aromatic carbocycles. The summed E-state index contributed by atoms with van der Waals surface area (Å²) in [5, 5.41) is 9.76. The van der Waals surface area contributed by atoms with Gasteiger partial charge < -0.3 is 19.7 Å². The van der Waals surface area contributed by atoms with Crippen LogP contribution < -0.4 is 4.74 Å². The number of likely N-dealkylation sites (tertiary alicyclic amines) is 1. The summed E-state index contributed by atoms with van der Waals surface area (Å²) < 4.78 is 5.42. The van der Waals surface area contributed by atoms with Gasteiger partial charge in [-0.25, -0.2) is 4.98 Å². The Hall–Kier alpha value is -3.61. The van der Waals surface area contributed by atoms with E-state index in [4.69, 9.17) is 4.74 Å². The van der Waals surface area contributed by atoms with Crippen LogP contribution in [0.4, 0.5) is 0 Å². The van der Waals surface area contributed by atoms with Crippen molar-refractivity contribution in [2.75, 3.05) is 20.2 Å². The predicted molar refractivity (Wildman–Crippen MR) is 107 cm³/mol. The van der Waals surface area contributed by atoms with Crippen LogP contribution in [0.5, 0.6) is 5.75 Å². The number of nitrogens with zero attached hydrogens (tertiary/aromatic N) is 2. The predicted octanol–water partition coefficient (Wildman–Crippen LogP) is 3.03. The molecule has 29 heavy (non-hydrogen) atoms. The van der Waals surface area contributed by atoms with Crippen LogP contribution in [0.25, 0.3) is 11.4 Å². The molecule has 7 nitrogen and oxygen atoms in total. The number of hydrogen-bond donors (Lipinski definition) is 2. The summed E-state index contributed by atoms with van der Waals surface area (Å²) in [5.74, 6) is -0.818. The van der Waals surface area contributed by atoms with Crippen LogP contribution in [-0.2, 0) is 4.79 Å². The number of carbonyl (C=O) groups excluding carboxylic acids is 1. The Labute approximate surface area is 168 Å². The van der Waals surface area contributed by atoms with Gasteiger partial charge in [-0.3, -0.25) is 9.59 Å². The van der Waals surface area contributed by atoms with E-state index >= 15 is 0 Å². The van der Waals surface area contributed by atoms with Gasteiger partial charge in [0.2, 0.25) is 0 Å². The number of aromatic nitrogens is 2. The number of aliphatic carboxylic acids is 1. The number of amides is 1. The number of carboxylic acids is 1. The zero-order chi connectivity index (χ0) is 20.4. The minimum atomic E-state index is -0.916. The lowest BCUT2D eigenvalue weighted by Gasteiger charge is -2.18. The molecular formula is C22H21N3O4. The molecule has 1 aliphatic heterocycles. The highest BCUT2D eigenvalue weighted by Crippen LogP contribution is 2.38. The minimum Gasteiger partial charge on any atom is -0.496 e. The Bertz CT molecular complexity index is 1030. The van der Waals surface area contributed by atoms with Gasteiger partial charge in [-0.05, 0) is 23.8 Å². The van der Waals surface area contributed by atoms with Crippen molar-refractivity contribution in [1.29, 1.82) is 0 Å². The first-order chi connectivity index (χ1) is 14.1. The molecule has 0 spiro atoms. The third-order valence-corrected chi connectivity index (χ3v) is 5.34. The molecule has 1 saturated heterocycles. The monoisotopic (exact) mass is 391 g/mol. The number of H-pyrrole nitrogens is 1. The number of imidazole rings is 1. The molecule has 0 bridgehead atoms. The van der Waals surface area contributed by atoms with Crippen molar-refractivity contribution >= 4 is 11.9 Å². The fraction of sp³-hybridized carbons (Fsp3) is 0.227. The van der Waals surface area contributed by atoms with Crippen molar-refractivity contribution < 1.29 is 19.4 Å². The van der Waals surface area contributed by atoms with Crippen molar-refractivity contribution in [3.8, 4) is 17.1 Å². The fourth-order valence-corrected chi connectivity index (χ4v) is 3.91. The highest BCUT2D eigenvalue weighted by atomic mass is 16.5. The van der Waals surface area contributed by atoms with Gasteiger partial charge in [-0.2, -0.15) is 0 Å². The molecule has 3 aromatic rings. The summed E-state index contributed by atoms with van der Waals surface area (Å²) in [5.41, 5.74) is 2.11. The van der Waals surface area contributed by atoms with Crippen LogP contribution in [0.1, 0.15) is 21.8 Å². The van der Waals surface area contributed by atoms with E-state index < -0.39 is 11.9 Å². The third kappa shape index (κ3) is 3.59. The standard InChI is InChI=1S/C22H21N3O4/c1-29-19-8-3-2-7-16(19)17-12-25(13-18(17)22(27)28)21(26)15-6-4-5-14(11-15)20-23-9-10-24-20/h2-11,17-18H,12-13H2,1H3,(H,23,24)(H,27,28)/t17-,18+/m0/s1. The van der Waals surface area contributed by atoms with Gasteiger partial charge in [0, 0.05) is 42.5 Å². The number of carbonyl (C=O) groups is 2. The van der Waals surface area contributed by atoms with E-state index in [0.717, 1.165) is 11.1 Å². The number of aromatic amines is 1. The zero-order valence-corrected chi connectivity index (χ0v) is 15.9. The summed E-state index contributed by atoms with van der Waals surface area (Å²) >= 11 is 0. The average Bonchev–Trinajstić information content (AvgIpc) is 3.43. The molecular weight excluding hydrogens is 370 g/mol. The number of hydrogen-bond acceptors (Lipinski definition) is 4. The van der Waals surface area contributed by atoms with Gasteiger partial charge in [0.05, 0.1) is 13.0 Å². The number of methoxy groups -OCH3 is 1. The van der Waals surface area contributed by atoms with Crippen LogP contribution in [0.3, 0.4) is 0 Å². The number of rotatable bonds is 5. The topological polar surface area (TPSA) is 95.5 Å². The lowest BCUT2D eigenvalue weighted by atomic mass is 9.88. The molecule has 2 heterocycles. The normalized spacial score (nSPS) is 18.6. The first kappa shape index (κ1) is 18.7. The fourth-order valence-electron chi connectivity index (χ4n) is 3.91. The van der Waals surface area contributed by atoms with E-state index in [1.165, 1.54) is 0 Å². The molecule has 1 aromatic heterocycles. The average molecular weight is 391 g/mol. The van der Waals surface area contributed by atoms with Gasteiger partial charge in [0.15, 0.2) is 0 Å². The molecule has 0 radical (unpaired) electrons. The van der Waals surface area contributed by atoms with Crippen LogP contribution in [0.2, 0.25) is 0 Å². The minimum absolute atomic E-state index is 0.155. The maximum Gasteiger partial charge on any atom is 0.308 e. The van der Waals surface area contributed by atoms with E-state index in [-0.39, 0.29) is 18.4 Å². The summed E-state index contributed by atoms with van der Waals surface area (Å²) in [4.78, 5) is 33.9. The molecule has 148 valence electrons. The highest BCUT2D eigenvalue weighted by molar-refractivity contribution is 5.96. The SMILES string of the molecule is COc1ccccc1[C@@H]1CN(C(=O)c2cccc(-c3ncc[nH]3)c2)C[C@H]1C(=O)O. The van der Waals surface area contributed by atoms with Crippen LogP contribution in [0, 0.1) is 5.92 Å². The summed E-state index contributed by atoms with van der Waals surface area (Å²) in [6, 6.07) is 14.6. The maximum absolute atomic E-state index is 13.1. The second kappa shape index (κ2) is 7.79. The largest absolute Gasteiger partial charge is 0.496 e. The molecule has 1 aliphatic rings. The van der Waals surface area contributed by atoms with Crippen molar-refractivity contribution in [2.45, 2.75) is 5.92 Å². The Morgan fingerprint density at radius 2 is 2.00 bits per heavy atom. The van der Waals surface area contributed by atoms with Crippen molar-refractivity contribution in [1.82, 2.24) is 14.9 Å². The summed E-state index contributed by atoms with van der Waals surface area (Å²) in [6.45, 7) is 0.475. The quantitative estimate of drug-likeness (QED) is 0.697. The number of carboxylic acid groups (broad SMARTS) is 1. The third-order valence-electron chi connectivity index (χ3n) is 5.34. The van der Waals surface area contributed by atoms with Crippen molar-refractivity contribution in [2.24, 2.45) is 5.92 Å². The molecule has 4 rings (SSSR count). The maximum atomic E-state index is 13.1. The lowest BCUT2D eigenvalue weighted by molar-refractivity contribution is -0.141. The van der Waals surface area contributed by atoms with Crippen molar-refractivity contribution in [3.63, 3.8) is 0 Å². The highest BCUT2D eigenvalue weighted by Gasteiger charge is 2.41. The molecule has 1 amide bonds. The van der Waals surface area contributed by atoms with E-state index in [1.807, 2.05) is 30.3 Å². The molecule has 2 N–H and O–H groups in total. The van der Waals surface area contributed by atoms with E-state index in [9.17, 15) is 14.7 Å². The van der Waals surface area contributed by atoms with Gasteiger partial charge in [0.1, 0.15) is 11.6 Å². The molecule has 0 saturated carbocycles. The van der Waals surface area contributed by atoms with Gasteiger partial charge in [-0.15, -0.1) is 0 Å². The number of benzene rings is 2. The Morgan fingerprint density at radius 1 is 1.17 bits per heavy atom. The van der Waals surface area contributed by atoms with E-state index in [1.54, 1.807) is 42.6 Å². The van der Waals surface area contributed by atoms with Gasteiger partial charge >= 0.3 is 5.97 Å². The van der Waals surface area contributed by atoms with Gasteiger partial charge in [-0.1, -0.05) is 30.3 Å². The Balaban J connectivity index is 1.62. The number of para-hydroxylation sites is 1. The summed E-state index contributed by atoms with van der Waals surface area (Å²) in [7, 11) is 1.56. The van der Waals surface area contributed by atoms with Crippen LogP contribution in [-0.4, -0.2) is 52.1 Å². The van der Waals surface area contributed by atoms with Crippen LogP contribution >= 0.6 is 0 Å². The first-order valence-corrected chi connectivity index (χ1v) is 9.33. The number of ether oxygens (including phenoxy) is 1. The first-order valence-electron chi connectivity index (χ1n) is 9.33. The Kier molecular flexibility index (Phi) is 5.03. The second-order valence-corrected chi connectivity index (χ2v) is 7.02. The summed E-state index contributed by atoms with van der Waals surface area (Å²) in [6.07, 6.45) is 3.37. The van der Waals surface area contributed by atoms with Gasteiger partial charge in [0.25, 0.3) is 5.91 Å². The molecule has 1 fully saturated rings. The smallest absolute Gasteiger partial charge is 0.308 e. The molecule has 7 heteroatoms. The van der Waals surface area contributed by atoms with Crippen molar-refractivity contribution in [3.05, 3.63) is 72.1 Å².